The van der Waals surface area contributed by atoms with Crippen molar-refractivity contribution in [3.63, 3.8) is 0 Å². The van der Waals surface area contributed by atoms with Crippen molar-refractivity contribution in [1.82, 2.24) is 14.3 Å². The van der Waals surface area contributed by atoms with Gasteiger partial charge in [0.2, 0.25) is 0 Å². The second-order valence-corrected chi connectivity index (χ2v) is 7.86. The lowest BCUT2D eigenvalue weighted by Crippen LogP contribution is -2.48. The molecule has 2 N–H and O–H groups in total. The summed E-state index contributed by atoms with van der Waals surface area (Å²) in [7, 11) is -3.29. The standard InChI is InChI=1S/C13H27N3O2S/c1-11(2)10-15-19(17,18)16-9-3-4-13(16)12-5-7-14-8-6-12/h11-15H,3-10H2,1-2H3. The van der Waals surface area contributed by atoms with Crippen molar-refractivity contribution in [3.05, 3.63) is 0 Å². The zero-order valence-corrected chi connectivity index (χ0v) is 12.9. The smallest absolute Gasteiger partial charge is 0.279 e. The SMILES string of the molecule is CC(C)CNS(=O)(=O)N1CCCC1C1CCNCC1. The fourth-order valence-corrected chi connectivity index (χ4v) is 4.83. The molecule has 6 heteroatoms. The van der Waals surface area contributed by atoms with Gasteiger partial charge in [-0.3, -0.25) is 0 Å². The summed E-state index contributed by atoms with van der Waals surface area (Å²) in [5, 5.41) is 3.35. The summed E-state index contributed by atoms with van der Waals surface area (Å²) in [6.07, 6.45) is 4.21. The molecule has 0 spiro atoms. The van der Waals surface area contributed by atoms with Gasteiger partial charge in [-0.1, -0.05) is 13.8 Å². The summed E-state index contributed by atoms with van der Waals surface area (Å²) >= 11 is 0. The summed E-state index contributed by atoms with van der Waals surface area (Å²) in [5.41, 5.74) is 0. The average molecular weight is 289 g/mol. The van der Waals surface area contributed by atoms with Gasteiger partial charge in [0.15, 0.2) is 0 Å². The maximum absolute atomic E-state index is 12.4. The molecule has 0 aromatic heterocycles. The van der Waals surface area contributed by atoms with Gasteiger partial charge in [0.05, 0.1) is 0 Å². The number of hydrogen-bond donors (Lipinski definition) is 2. The van der Waals surface area contributed by atoms with E-state index in [1.807, 2.05) is 13.8 Å². The molecule has 1 atom stereocenters. The van der Waals surface area contributed by atoms with Gasteiger partial charge in [0.25, 0.3) is 10.2 Å². The molecule has 0 bridgehead atoms. The Balaban J connectivity index is 2.00. The van der Waals surface area contributed by atoms with Gasteiger partial charge >= 0.3 is 0 Å². The zero-order chi connectivity index (χ0) is 13.9. The minimum Gasteiger partial charge on any atom is -0.317 e. The van der Waals surface area contributed by atoms with Gasteiger partial charge in [-0.05, 0) is 50.6 Å². The molecule has 2 saturated heterocycles. The Kier molecular flexibility index (Phi) is 5.22. The van der Waals surface area contributed by atoms with Crippen LogP contribution in [0.1, 0.15) is 39.5 Å². The first kappa shape index (κ1) is 15.2. The highest BCUT2D eigenvalue weighted by Gasteiger charge is 2.38. The van der Waals surface area contributed by atoms with Crippen molar-refractivity contribution in [2.75, 3.05) is 26.2 Å². The molecule has 1 unspecified atom stereocenters. The van der Waals surface area contributed by atoms with Crippen LogP contribution in [0.5, 0.6) is 0 Å². The Labute approximate surface area is 117 Å². The maximum Gasteiger partial charge on any atom is 0.279 e. The molecule has 0 radical (unpaired) electrons. The van der Waals surface area contributed by atoms with Crippen LogP contribution in [-0.4, -0.2) is 44.9 Å². The molecule has 2 aliphatic heterocycles. The first-order chi connectivity index (χ1) is 9.00. The first-order valence-corrected chi connectivity index (χ1v) is 8.92. The lowest BCUT2D eigenvalue weighted by Gasteiger charge is -2.33. The molecule has 112 valence electrons. The highest BCUT2D eigenvalue weighted by Crippen LogP contribution is 2.31. The lowest BCUT2D eigenvalue weighted by molar-refractivity contribution is 0.233. The van der Waals surface area contributed by atoms with Crippen LogP contribution < -0.4 is 10.0 Å². The minimum absolute atomic E-state index is 0.215. The van der Waals surface area contributed by atoms with Gasteiger partial charge in [-0.25, -0.2) is 4.72 Å². The van der Waals surface area contributed by atoms with Gasteiger partial charge < -0.3 is 5.32 Å². The van der Waals surface area contributed by atoms with Crippen LogP contribution in [0.15, 0.2) is 0 Å². The van der Waals surface area contributed by atoms with E-state index in [-0.39, 0.29) is 6.04 Å². The molecule has 2 aliphatic rings. The van der Waals surface area contributed by atoms with Crippen LogP contribution in [0.2, 0.25) is 0 Å². The third-order valence-corrected chi connectivity index (χ3v) is 5.76. The van der Waals surface area contributed by atoms with E-state index < -0.39 is 10.2 Å². The van der Waals surface area contributed by atoms with Crippen molar-refractivity contribution in [2.45, 2.75) is 45.6 Å². The lowest BCUT2D eigenvalue weighted by atomic mass is 9.89. The number of nitrogens with zero attached hydrogens (tertiary/aromatic N) is 1. The summed E-state index contributed by atoms with van der Waals surface area (Å²) in [6.45, 7) is 7.30. The summed E-state index contributed by atoms with van der Waals surface area (Å²) in [5.74, 6) is 0.870. The molecule has 0 aliphatic carbocycles. The zero-order valence-electron chi connectivity index (χ0n) is 12.1. The average Bonchev–Trinajstić information content (AvgIpc) is 2.87. The Bertz CT molecular complexity index is 377. The fraction of sp³-hybridized carbons (Fsp3) is 1.00. The van der Waals surface area contributed by atoms with E-state index in [0.29, 0.717) is 24.9 Å². The van der Waals surface area contributed by atoms with Crippen LogP contribution in [-0.2, 0) is 10.2 Å². The number of rotatable bonds is 5. The van der Waals surface area contributed by atoms with E-state index in [0.717, 1.165) is 38.8 Å². The molecular weight excluding hydrogens is 262 g/mol. The fourth-order valence-electron chi connectivity index (χ4n) is 3.12. The molecule has 2 heterocycles. The van der Waals surface area contributed by atoms with Crippen LogP contribution in [0, 0.1) is 11.8 Å². The van der Waals surface area contributed by atoms with Crippen molar-refractivity contribution in [3.8, 4) is 0 Å². The molecule has 0 saturated carbocycles. The van der Waals surface area contributed by atoms with Crippen molar-refractivity contribution >= 4 is 10.2 Å². The molecule has 19 heavy (non-hydrogen) atoms. The summed E-state index contributed by atoms with van der Waals surface area (Å²) in [6, 6.07) is 0.215. The third kappa shape index (κ3) is 3.90. The van der Waals surface area contributed by atoms with Gasteiger partial charge in [0, 0.05) is 19.1 Å². The second kappa shape index (κ2) is 6.52. The molecular formula is C13H27N3O2S. The van der Waals surface area contributed by atoms with Crippen molar-refractivity contribution in [1.29, 1.82) is 0 Å². The predicted molar refractivity (Wildman–Crippen MR) is 77.1 cm³/mol. The van der Waals surface area contributed by atoms with Crippen molar-refractivity contribution in [2.24, 2.45) is 11.8 Å². The molecule has 2 rings (SSSR count). The van der Waals surface area contributed by atoms with Gasteiger partial charge in [0.1, 0.15) is 0 Å². The Morgan fingerprint density at radius 3 is 2.58 bits per heavy atom. The first-order valence-electron chi connectivity index (χ1n) is 7.48. The van der Waals surface area contributed by atoms with E-state index >= 15 is 0 Å². The Hall–Kier alpha value is -0.170. The van der Waals surface area contributed by atoms with Crippen molar-refractivity contribution < 1.29 is 8.42 Å². The van der Waals surface area contributed by atoms with Gasteiger partial charge in [-0.2, -0.15) is 12.7 Å². The molecule has 0 amide bonds. The predicted octanol–water partition coefficient (Wildman–Crippen LogP) is 0.941. The largest absolute Gasteiger partial charge is 0.317 e. The number of hydrogen-bond acceptors (Lipinski definition) is 3. The Morgan fingerprint density at radius 2 is 1.95 bits per heavy atom. The Morgan fingerprint density at radius 1 is 1.26 bits per heavy atom. The molecule has 5 nitrogen and oxygen atoms in total. The van der Waals surface area contributed by atoms with E-state index in [2.05, 4.69) is 10.0 Å². The highest BCUT2D eigenvalue weighted by molar-refractivity contribution is 7.87. The maximum atomic E-state index is 12.4. The highest BCUT2D eigenvalue weighted by atomic mass is 32.2. The topological polar surface area (TPSA) is 61.4 Å². The van der Waals surface area contributed by atoms with E-state index in [9.17, 15) is 8.42 Å². The van der Waals surface area contributed by atoms with Crippen LogP contribution >= 0.6 is 0 Å². The molecule has 0 aromatic carbocycles. The molecule has 0 aromatic rings. The van der Waals surface area contributed by atoms with E-state index in [1.165, 1.54) is 0 Å². The minimum atomic E-state index is -3.29. The monoisotopic (exact) mass is 289 g/mol. The van der Waals surface area contributed by atoms with Gasteiger partial charge in [-0.15, -0.1) is 0 Å². The van der Waals surface area contributed by atoms with E-state index in [4.69, 9.17) is 0 Å². The van der Waals surface area contributed by atoms with E-state index in [1.54, 1.807) is 4.31 Å². The normalized spacial score (nSPS) is 27.2. The summed E-state index contributed by atoms with van der Waals surface area (Å²) < 4.78 is 29.3. The number of nitrogens with one attached hydrogen (secondary N) is 2. The quantitative estimate of drug-likeness (QED) is 0.792. The number of piperidine rings is 1. The van der Waals surface area contributed by atoms with Crippen LogP contribution in [0.25, 0.3) is 0 Å². The third-order valence-electron chi connectivity index (χ3n) is 4.16. The van der Waals surface area contributed by atoms with Crippen LogP contribution in [0.3, 0.4) is 0 Å². The van der Waals surface area contributed by atoms with Crippen LogP contribution in [0.4, 0.5) is 0 Å². The molecule has 2 fully saturated rings. The summed E-state index contributed by atoms with van der Waals surface area (Å²) in [4.78, 5) is 0. The second-order valence-electron chi connectivity index (χ2n) is 6.16.